The number of hydrogen-bond acceptors (Lipinski definition) is 3. The highest BCUT2D eigenvalue weighted by atomic mass is 16.5. The van der Waals surface area contributed by atoms with Crippen LogP contribution in [0.3, 0.4) is 0 Å². The van der Waals surface area contributed by atoms with Crippen molar-refractivity contribution in [3.8, 4) is 11.8 Å². The first-order valence-corrected chi connectivity index (χ1v) is 5.86. The van der Waals surface area contributed by atoms with E-state index in [0.29, 0.717) is 19.8 Å². The number of nitrogens with one attached hydrogen (secondary N) is 1. The Kier molecular flexibility index (Phi) is 7.96. The van der Waals surface area contributed by atoms with Crippen LogP contribution < -0.4 is 5.32 Å². The van der Waals surface area contributed by atoms with Gasteiger partial charge in [0.25, 0.3) is 0 Å². The van der Waals surface area contributed by atoms with Crippen molar-refractivity contribution in [3.05, 3.63) is 35.9 Å². The number of aliphatic hydroxyl groups is 1. The van der Waals surface area contributed by atoms with Crippen LogP contribution in [-0.4, -0.2) is 38.0 Å². The van der Waals surface area contributed by atoms with E-state index in [-0.39, 0.29) is 6.61 Å². The number of aliphatic hydroxyl groups excluding tert-OH is 1. The van der Waals surface area contributed by atoms with Crippen LogP contribution in [0.4, 0.5) is 0 Å². The summed E-state index contributed by atoms with van der Waals surface area (Å²) in [5.41, 5.74) is 1.04. The van der Waals surface area contributed by atoms with Crippen LogP contribution in [0.2, 0.25) is 0 Å². The number of ether oxygens (including phenoxy) is 1. The van der Waals surface area contributed by atoms with Gasteiger partial charge in [0.1, 0.15) is 0 Å². The third-order valence-electron chi connectivity index (χ3n) is 2.10. The minimum absolute atomic E-state index is 0.0932. The van der Waals surface area contributed by atoms with Crippen LogP contribution in [0, 0.1) is 11.8 Å². The van der Waals surface area contributed by atoms with Gasteiger partial charge >= 0.3 is 0 Å². The van der Waals surface area contributed by atoms with Gasteiger partial charge < -0.3 is 15.2 Å². The quantitative estimate of drug-likeness (QED) is 0.546. The lowest BCUT2D eigenvalue weighted by molar-refractivity contribution is 0.0909. The van der Waals surface area contributed by atoms with Gasteiger partial charge in [-0.05, 0) is 25.1 Å². The van der Waals surface area contributed by atoms with Crippen LogP contribution in [0.25, 0.3) is 0 Å². The minimum Gasteiger partial charge on any atom is -0.394 e. The molecule has 0 aromatic heterocycles. The Hall–Kier alpha value is -1.34. The average Bonchev–Trinajstić information content (AvgIpc) is 2.38. The molecule has 0 saturated heterocycles. The van der Waals surface area contributed by atoms with Crippen molar-refractivity contribution >= 4 is 0 Å². The normalized spacial score (nSPS) is 9.71. The van der Waals surface area contributed by atoms with Crippen molar-refractivity contribution in [2.75, 3.05) is 32.9 Å². The maximum atomic E-state index is 8.49. The summed E-state index contributed by atoms with van der Waals surface area (Å²) in [6.07, 6.45) is 0.938. The van der Waals surface area contributed by atoms with E-state index in [4.69, 9.17) is 9.84 Å². The van der Waals surface area contributed by atoms with Gasteiger partial charge in [-0.3, -0.25) is 0 Å². The van der Waals surface area contributed by atoms with E-state index < -0.39 is 0 Å². The zero-order valence-electron chi connectivity index (χ0n) is 9.98. The summed E-state index contributed by atoms with van der Waals surface area (Å²) in [5.74, 6) is 6.14. The van der Waals surface area contributed by atoms with Gasteiger partial charge in [0.05, 0.1) is 19.8 Å². The molecule has 0 unspecified atom stereocenters. The van der Waals surface area contributed by atoms with Gasteiger partial charge in [-0.25, -0.2) is 0 Å². The van der Waals surface area contributed by atoms with Crippen LogP contribution in [0.5, 0.6) is 0 Å². The van der Waals surface area contributed by atoms with E-state index in [1.807, 2.05) is 30.3 Å². The molecule has 3 heteroatoms. The number of benzene rings is 1. The van der Waals surface area contributed by atoms with E-state index in [2.05, 4.69) is 17.2 Å². The second-order valence-corrected chi connectivity index (χ2v) is 3.53. The standard InChI is InChI=1S/C14H19NO2/c16-11-13-17-12-5-10-15-9-4-8-14-6-2-1-3-7-14/h1-3,6-7,15-16H,5,9-13H2. The summed E-state index contributed by atoms with van der Waals surface area (Å²) in [4.78, 5) is 0. The monoisotopic (exact) mass is 233 g/mol. The Balaban J connectivity index is 1.99. The summed E-state index contributed by atoms with van der Waals surface area (Å²) >= 11 is 0. The van der Waals surface area contributed by atoms with Crippen molar-refractivity contribution in [1.82, 2.24) is 5.32 Å². The predicted octanol–water partition coefficient (Wildman–Crippen LogP) is 1.03. The first-order chi connectivity index (χ1) is 8.43. The summed E-state index contributed by atoms with van der Waals surface area (Å²) in [6.45, 7) is 2.77. The van der Waals surface area contributed by atoms with E-state index >= 15 is 0 Å². The second-order valence-electron chi connectivity index (χ2n) is 3.53. The number of hydrogen-bond donors (Lipinski definition) is 2. The maximum Gasteiger partial charge on any atom is 0.0697 e. The molecule has 1 aromatic carbocycles. The summed E-state index contributed by atoms with van der Waals surface area (Å²) in [6, 6.07) is 9.94. The fourth-order valence-corrected chi connectivity index (χ4v) is 1.28. The highest BCUT2D eigenvalue weighted by Crippen LogP contribution is 1.94. The molecule has 0 bridgehead atoms. The van der Waals surface area contributed by atoms with Gasteiger partial charge in [0.2, 0.25) is 0 Å². The second kappa shape index (κ2) is 9.86. The Morgan fingerprint density at radius 3 is 2.76 bits per heavy atom. The zero-order valence-corrected chi connectivity index (χ0v) is 9.98. The fourth-order valence-electron chi connectivity index (χ4n) is 1.28. The Morgan fingerprint density at radius 1 is 1.18 bits per heavy atom. The summed E-state index contributed by atoms with van der Waals surface area (Å²) in [5, 5.41) is 11.7. The van der Waals surface area contributed by atoms with Crippen LogP contribution in [0.1, 0.15) is 12.0 Å². The first-order valence-electron chi connectivity index (χ1n) is 5.86. The lowest BCUT2D eigenvalue weighted by Crippen LogP contribution is -2.17. The maximum absolute atomic E-state index is 8.49. The lowest BCUT2D eigenvalue weighted by atomic mass is 10.2. The van der Waals surface area contributed by atoms with E-state index in [9.17, 15) is 0 Å². The van der Waals surface area contributed by atoms with Crippen molar-refractivity contribution in [1.29, 1.82) is 0 Å². The predicted molar refractivity (Wildman–Crippen MR) is 68.7 cm³/mol. The Bertz CT molecular complexity index is 340. The summed E-state index contributed by atoms with van der Waals surface area (Å²) in [7, 11) is 0. The summed E-state index contributed by atoms with van der Waals surface area (Å²) < 4.78 is 5.13. The molecular formula is C14H19NO2. The first kappa shape index (κ1) is 13.7. The molecule has 0 atom stereocenters. The van der Waals surface area contributed by atoms with Gasteiger partial charge in [0.15, 0.2) is 0 Å². The van der Waals surface area contributed by atoms with E-state index in [1.165, 1.54) is 0 Å². The molecule has 0 aliphatic carbocycles. The van der Waals surface area contributed by atoms with E-state index in [0.717, 1.165) is 18.5 Å². The van der Waals surface area contributed by atoms with Gasteiger partial charge in [0, 0.05) is 12.2 Å². The van der Waals surface area contributed by atoms with Crippen LogP contribution >= 0.6 is 0 Å². The molecule has 3 nitrogen and oxygen atoms in total. The molecule has 0 fully saturated rings. The SMILES string of the molecule is OCCOCCCNCC#Cc1ccccc1. The van der Waals surface area contributed by atoms with Crippen molar-refractivity contribution < 1.29 is 9.84 Å². The van der Waals surface area contributed by atoms with Crippen molar-refractivity contribution in [3.63, 3.8) is 0 Å². The zero-order chi connectivity index (χ0) is 12.2. The Labute approximate surface area is 103 Å². The molecule has 0 aliphatic heterocycles. The molecule has 2 N–H and O–H groups in total. The largest absolute Gasteiger partial charge is 0.394 e. The molecule has 0 heterocycles. The van der Waals surface area contributed by atoms with Gasteiger partial charge in [-0.15, -0.1) is 0 Å². The highest BCUT2D eigenvalue weighted by Gasteiger charge is 1.87. The topological polar surface area (TPSA) is 41.5 Å². The molecule has 0 spiro atoms. The van der Waals surface area contributed by atoms with Gasteiger partial charge in [-0.1, -0.05) is 30.0 Å². The molecule has 0 radical (unpaired) electrons. The molecule has 92 valence electrons. The molecule has 0 aliphatic rings. The minimum atomic E-state index is 0.0932. The van der Waals surface area contributed by atoms with Crippen molar-refractivity contribution in [2.45, 2.75) is 6.42 Å². The van der Waals surface area contributed by atoms with Crippen LogP contribution in [-0.2, 0) is 4.74 Å². The van der Waals surface area contributed by atoms with Crippen molar-refractivity contribution in [2.24, 2.45) is 0 Å². The fraction of sp³-hybridized carbons (Fsp3) is 0.429. The third-order valence-corrected chi connectivity index (χ3v) is 2.10. The lowest BCUT2D eigenvalue weighted by Gasteiger charge is -2.01. The molecular weight excluding hydrogens is 214 g/mol. The molecule has 0 amide bonds. The molecule has 0 saturated carbocycles. The third kappa shape index (κ3) is 7.53. The smallest absolute Gasteiger partial charge is 0.0697 e. The molecule has 1 aromatic rings. The Morgan fingerprint density at radius 2 is 2.00 bits per heavy atom. The average molecular weight is 233 g/mol. The highest BCUT2D eigenvalue weighted by molar-refractivity contribution is 5.33. The van der Waals surface area contributed by atoms with E-state index in [1.54, 1.807) is 0 Å². The number of rotatable bonds is 7. The van der Waals surface area contributed by atoms with Gasteiger partial charge in [-0.2, -0.15) is 0 Å². The molecule has 17 heavy (non-hydrogen) atoms. The van der Waals surface area contributed by atoms with Crippen LogP contribution in [0.15, 0.2) is 30.3 Å². The molecule has 1 rings (SSSR count).